The van der Waals surface area contributed by atoms with Crippen molar-refractivity contribution >= 4 is 5.91 Å². The molecule has 0 aliphatic carbocycles. The lowest BCUT2D eigenvalue weighted by atomic mass is 9.89. The Labute approximate surface area is 117 Å². The van der Waals surface area contributed by atoms with Gasteiger partial charge in [-0.3, -0.25) is 9.89 Å². The predicted molar refractivity (Wildman–Crippen MR) is 72.2 cm³/mol. The molecule has 1 amide bonds. The fourth-order valence-electron chi connectivity index (χ4n) is 1.86. The Balaban J connectivity index is 2.15. The summed E-state index contributed by atoms with van der Waals surface area (Å²) in [6, 6.07) is -0.331. The standard InChI is InChI=1S/C13H19N5O2/c1-7(11-16-8(2)20-18-11)15-12(19)9-6-14-17-10(9)13(3,4)5/h6-7H,1-5H3,(H,14,17)(H,15,19). The van der Waals surface area contributed by atoms with Gasteiger partial charge in [0.2, 0.25) is 5.89 Å². The molecule has 2 N–H and O–H groups in total. The lowest BCUT2D eigenvalue weighted by molar-refractivity contribution is 0.0935. The molecule has 1 atom stereocenters. The van der Waals surface area contributed by atoms with E-state index < -0.39 is 0 Å². The van der Waals surface area contributed by atoms with E-state index in [1.54, 1.807) is 13.8 Å². The van der Waals surface area contributed by atoms with Crippen LogP contribution in [0.5, 0.6) is 0 Å². The summed E-state index contributed by atoms with van der Waals surface area (Å²) in [6.45, 7) is 9.56. The van der Waals surface area contributed by atoms with Crippen LogP contribution in [0.1, 0.15) is 61.5 Å². The van der Waals surface area contributed by atoms with E-state index >= 15 is 0 Å². The number of H-pyrrole nitrogens is 1. The monoisotopic (exact) mass is 277 g/mol. The van der Waals surface area contributed by atoms with E-state index in [1.807, 2.05) is 20.8 Å². The van der Waals surface area contributed by atoms with Crippen molar-refractivity contribution in [3.63, 3.8) is 0 Å². The summed E-state index contributed by atoms with van der Waals surface area (Å²) < 4.78 is 4.90. The molecule has 0 aliphatic heterocycles. The van der Waals surface area contributed by atoms with Crippen LogP contribution in [0, 0.1) is 6.92 Å². The smallest absolute Gasteiger partial charge is 0.255 e. The van der Waals surface area contributed by atoms with Crippen LogP contribution in [0.15, 0.2) is 10.7 Å². The van der Waals surface area contributed by atoms with E-state index in [2.05, 4.69) is 25.7 Å². The number of amides is 1. The van der Waals surface area contributed by atoms with Crippen molar-refractivity contribution < 1.29 is 9.32 Å². The van der Waals surface area contributed by atoms with Crippen LogP contribution >= 0.6 is 0 Å². The highest BCUT2D eigenvalue weighted by Crippen LogP contribution is 2.23. The first kappa shape index (κ1) is 14.2. The Kier molecular flexibility index (Phi) is 3.61. The highest BCUT2D eigenvalue weighted by Gasteiger charge is 2.25. The van der Waals surface area contributed by atoms with Crippen molar-refractivity contribution in [3.05, 3.63) is 29.2 Å². The average molecular weight is 277 g/mol. The molecule has 0 radical (unpaired) electrons. The Morgan fingerprint density at radius 2 is 2.15 bits per heavy atom. The van der Waals surface area contributed by atoms with Crippen LogP contribution in [-0.2, 0) is 5.41 Å². The molecule has 0 bridgehead atoms. The normalized spacial score (nSPS) is 13.2. The second kappa shape index (κ2) is 5.07. The number of aryl methyl sites for hydroxylation is 1. The zero-order valence-electron chi connectivity index (χ0n) is 12.3. The maximum atomic E-state index is 12.3. The average Bonchev–Trinajstić information content (AvgIpc) is 2.95. The van der Waals surface area contributed by atoms with E-state index in [-0.39, 0.29) is 17.4 Å². The maximum Gasteiger partial charge on any atom is 0.255 e. The van der Waals surface area contributed by atoms with Crippen LogP contribution in [0.2, 0.25) is 0 Å². The molecule has 0 saturated carbocycles. The highest BCUT2D eigenvalue weighted by molar-refractivity contribution is 5.95. The van der Waals surface area contributed by atoms with Crippen molar-refractivity contribution in [2.75, 3.05) is 0 Å². The lowest BCUT2D eigenvalue weighted by Crippen LogP contribution is -2.29. The summed E-state index contributed by atoms with van der Waals surface area (Å²) in [5.74, 6) is 0.718. The van der Waals surface area contributed by atoms with Crippen molar-refractivity contribution in [1.82, 2.24) is 25.7 Å². The van der Waals surface area contributed by atoms with Gasteiger partial charge in [0.15, 0.2) is 5.82 Å². The number of nitrogens with zero attached hydrogens (tertiary/aromatic N) is 3. The molecule has 2 rings (SSSR count). The minimum Gasteiger partial charge on any atom is -0.342 e. The van der Waals surface area contributed by atoms with Crippen LogP contribution in [0.4, 0.5) is 0 Å². The minimum atomic E-state index is -0.331. The van der Waals surface area contributed by atoms with Crippen LogP contribution in [-0.4, -0.2) is 26.2 Å². The molecule has 2 heterocycles. The quantitative estimate of drug-likeness (QED) is 0.893. The third-order valence-corrected chi connectivity index (χ3v) is 2.91. The van der Waals surface area contributed by atoms with Gasteiger partial charge in [0.05, 0.1) is 23.5 Å². The summed E-state index contributed by atoms with van der Waals surface area (Å²) in [5, 5.41) is 13.5. The second-order valence-electron chi connectivity index (χ2n) is 5.78. The molecule has 2 aromatic heterocycles. The molecule has 0 fully saturated rings. The molecule has 20 heavy (non-hydrogen) atoms. The highest BCUT2D eigenvalue weighted by atomic mass is 16.5. The van der Waals surface area contributed by atoms with Crippen molar-refractivity contribution in [2.24, 2.45) is 0 Å². The van der Waals surface area contributed by atoms with Gasteiger partial charge >= 0.3 is 0 Å². The molecule has 7 heteroatoms. The van der Waals surface area contributed by atoms with Gasteiger partial charge in [0.25, 0.3) is 5.91 Å². The van der Waals surface area contributed by atoms with E-state index in [1.165, 1.54) is 6.20 Å². The fourth-order valence-corrected chi connectivity index (χ4v) is 1.86. The number of rotatable bonds is 3. The molecule has 0 aromatic carbocycles. The van der Waals surface area contributed by atoms with E-state index in [0.29, 0.717) is 17.3 Å². The first-order valence-electron chi connectivity index (χ1n) is 6.44. The van der Waals surface area contributed by atoms with Crippen molar-refractivity contribution in [3.8, 4) is 0 Å². The van der Waals surface area contributed by atoms with Gasteiger partial charge in [-0.2, -0.15) is 10.1 Å². The molecular formula is C13H19N5O2. The summed E-state index contributed by atoms with van der Waals surface area (Å²) in [6.07, 6.45) is 1.53. The molecule has 7 nitrogen and oxygen atoms in total. The van der Waals surface area contributed by atoms with Crippen molar-refractivity contribution in [1.29, 1.82) is 0 Å². The van der Waals surface area contributed by atoms with E-state index in [4.69, 9.17) is 4.52 Å². The third kappa shape index (κ3) is 2.87. The first-order chi connectivity index (χ1) is 9.29. The first-order valence-corrected chi connectivity index (χ1v) is 6.44. The molecule has 0 aliphatic rings. The van der Waals surface area contributed by atoms with Gasteiger partial charge < -0.3 is 9.84 Å². The summed E-state index contributed by atoms with van der Waals surface area (Å²) in [7, 11) is 0. The Hall–Kier alpha value is -2.18. The lowest BCUT2D eigenvalue weighted by Gasteiger charge is -2.18. The van der Waals surface area contributed by atoms with Crippen LogP contribution in [0.3, 0.4) is 0 Å². The number of hydrogen-bond donors (Lipinski definition) is 2. The number of nitrogens with one attached hydrogen (secondary N) is 2. The molecule has 2 aromatic rings. The molecule has 0 saturated heterocycles. The van der Waals surface area contributed by atoms with Gasteiger partial charge in [-0.25, -0.2) is 0 Å². The topological polar surface area (TPSA) is 96.7 Å². The third-order valence-electron chi connectivity index (χ3n) is 2.91. The van der Waals surface area contributed by atoms with Crippen molar-refractivity contribution in [2.45, 2.75) is 46.1 Å². The minimum absolute atomic E-state index is 0.185. The number of carbonyl (C=O) groups is 1. The summed E-state index contributed by atoms with van der Waals surface area (Å²) >= 11 is 0. The Morgan fingerprint density at radius 3 is 2.70 bits per heavy atom. The zero-order chi connectivity index (χ0) is 14.9. The van der Waals surface area contributed by atoms with Gasteiger partial charge in [0, 0.05) is 12.3 Å². The molecule has 1 unspecified atom stereocenters. The fraction of sp³-hybridized carbons (Fsp3) is 0.538. The van der Waals surface area contributed by atoms with Gasteiger partial charge in [0.1, 0.15) is 0 Å². The Morgan fingerprint density at radius 1 is 1.45 bits per heavy atom. The van der Waals surface area contributed by atoms with Gasteiger partial charge in [-0.15, -0.1) is 0 Å². The van der Waals surface area contributed by atoms with Crippen LogP contribution < -0.4 is 5.32 Å². The summed E-state index contributed by atoms with van der Waals surface area (Å²) in [4.78, 5) is 16.4. The Bertz CT molecular complexity index is 608. The maximum absolute atomic E-state index is 12.3. The predicted octanol–water partition coefficient (Wildman–Crippen LogP) is 1.89. The number of aromatic amines is 1. The largest absolute Gasteiger partial charge is 0.342 e. The van der Waals surface area contributed by atoms with Gasteiger partial charge in [-0.05, 0) is 6.92 Å². The molecule has 108 valence electrons. The number of aromatic nitrogens is 4. The number of hydrogen-bond acceptors (Lipinski definition) is 5. The van der Waals surface area contributed by atoms with E-state index in [9.17, 15) is 4.79 Å². The number of carbonyl (C=O) groups excluding carboxylic acids is 1. The SMILES string of the molecule is Cc1nc(C(C)NC(=O)c2cn[nH]c2C(C)(C)C)no1. The van der Waals surface area contributed by atoms with Crippen LogP contribution in [0.25, 0.3) is 0 Å². The molecular weight excluding hydrogens is 258 g/mol. The summed E-state index contributed by atoms with van der Waals surface area (Å²) in [5.41, 5.74) is 1.14. The zero-order valence-corrected chi connectivity index (χ0v) is 12.3. The molecule has 0 spiro atoms. The van der Waals surface area contributed by atoms with Gasteiger partial charge in [-0.1, -0.05) is 25.9 Å². The van der Waals surface area contributed by atoms with E-state index in [0.717, 1.165) is 5.69 Å². The second-order valence-corrected chi connectivity index (χ2v) is 5.78.